The second-order valence-electron chi connectivity index (χ2n) is 16.2. The van der Waals surface area contributed by atoms with Crippen LogP contribution in [0, 0.1) is 52.3 Å². The summed E-state index contributed by atoms with van der Waals surface area (Å²) >= 11 is 0. The molecule has 0 aromatic carbocycles. The van der Waals surface area contributed by atoms with Crippen LogP contribution in [0.5, 0.6) is 0 Å². The fourth-order valence-corrected chi connectivity index (χ4v) is 11.2. The van der Waals surface area contributed by atoms with Gasteiger partial charge in [-0.3, -0.25) is 0 Å². The summed E-state index contributed by atoms with van der Waals surface area (Å²) in [6, 6.07) is 0. The van der Waals surface area contributed by atoms with Crippen molar-refractivity contribution in [1.29, 1.82) is 0 Å². The Morgan fingerprint density at radius 1 is 0.850 bits per heavy atom. The lowest BCUT2D eigenvalue weighted by Gasteiger charge is -2.63. The van der Waals surface area contributed by atoms with Crippen LogP contribution in [0.25, 0.3) is 0 Å². The molecule has 4 saturated carbocycles. The molecule has 5 fully saturated rings. The number of rotatable bonds is 9. The van der Waals surface area contributed by atoms with E-state index in [-0.39, 0.29) is 0 Å². The van der Waals surface area contributed by atoms with E-state index in [1.807, 2.05) is 0 Å². The minimum atomic E-state index is -1.69. The molecule has 40 heavy (non-hydrogen) atoms. The second kappa shape index (κ2) is 11.4. The topological polar surface area (TPSA) is 99.4 Å². The minimum Gasteiger partial charge on any atom is -0.394 e. The molecule has 0 aromatic rings. The molecule has 6 heteroatoms. The van der Waals surface area contributed by atoms with Crippen LogP contribution in [0.4, 0.5) is 0 Å². The van der Waals surface area contributed by atoms with Gasteiger partial charge >= 0.3 is 0 Å². The van der Waals surface area contributed by atoms with Crippen molar-refractivity contribution in [1.82, 2.24) is 0 Å². The van der Waals surface area contributed by atoms with E-state index in [1.54, 1.807) is 0 Å². The Morgan fingerprint density at radius 2 is 1.57 bits per heavy atom. The molecule has 0 spiro atoms. The SMILES string of the molecule is CC(C)CCC[C@@H](C)[C@H]1CC[C@H]2[C@@H]3CC[C@@H]4C[C@@](C)(O[C@@]5(CO)O[C@@H](CO)[C@H](O)[C@H]5O)CC[C@]4(C)[C@H]3CC[C@]12C. The van der Waals surface area contributed by atoms with Gasteiger partial charge in [-0.1, -0.05) is 53.9 Å². The van der Waals surface area contributed by atoms with Crippen LogP contribution in [0.2, 0.25) is 0 Å². The van der Waals surface area contributed by atoms with Crippen molar-refractivity contribution in [2.45, 2.75) is 148 Å². The Morgan fingerprint density at radius 3 is 2.23 bits per heavy atom. The zero-order valence-electron chi connectivity index (χ0n) is 26.3. The van der Waals surface area contributed by atoms with Crippen molar-refractivity contribution < 1.29 is 29.9 Å². The van der Waals surface area contributed by atoms with Crippen molar-refractivity contribution in [3.63, 3.8) is 0 Å². The first-order valence-electron chi connectivity index (χ1n) is 16.8. The van der Waals surface area contributed by atoms with E-state index in [0.29, 0.717) is 16.7 Å². The highest BCUT2D eigenvalue weighted by Crippen LogP contribution is 2.69. The lowest BCUT2D eigenvalue weighted by Crippen LogP contribution is -2.59. The predicted octanol–water partition coefficient (Wildman–Crippen LogP) is 5.68. The fourth-order valence-electron chi connectivity index (χ4n) is 11.2. The normalized spacial score (nSPS) is 51.4. The Bertz CT molecular complexity index is 880. The van der Waals surface area contributed by atoms with E-state index >= 15 is 0 Å². The largest absolute Gasteiger partial charge is 0.394 e. The Hall–Kier alpha value is -0.240. The maximum atomic E-state index is 10.8. The molecule has 0 bridgehead atoms. The summed E-state index contributed by atoms with van der Waals surface area (Å²) in [7, 11) is 0. The van der Waals surface area contributed by atoms with Crippen LogP contribution >= 0.6 is 0 Å². The van der Waals surface area contributed by atoms with Gasteiger partial charge in [0, 0.05) is 0 Å². The standard InChI is InChI=1S/C34H60O6/c1-21(2)8-7-9-22(3)25-12-13-26-24-11-10-23-18-31(4,16-17-32(23,5)27(24)14-15-33(25,26)6)40-34(20-36)30(38)29(37)28(19-35)39-34/h21-30,35-38H,7-20H2,1-6H3/t22-,23-,24+,25-,26+,27+,28+,29+,30-,31+,32+,33-,34-/m1/s1. The monoisotopic (exact) mass is 564 g/mol. The second-order valence-corrected chi connectivity index (χ2v) is 16.2. The zero-order valence-corrected chi connectivity index (χ0v) is 26.3. The Balaban J connectivity index is 1.26. The fraction of sp³-hybridized carbons (Fsp3) is 1.00. The van der Waals surface area contributed by atoms with Gasteiger partial charge < -0.3 is 29.9 Å². The van der Waals surface area contributed by atoms with E-state index in [4.69, 9.17) is 9.47 Å². The van der Waals surface area contributed by atoms with E-state index in [1.165, 1.54) is 57.8 Å². The summed E-state index contributed by atoms with van der Waals surface area (Å²) in [6.45, 7) is 13.6. The van der Waals surface area contributed by atoms with Crippen LogP contribution in [0.3, 0.4) is 0 Å². The molecule has 5 rings (SSSR count). The van der Waals surface area contributed by atoms with Gasteiger partial charge in [-0.15, -0.1) is 0 Å². The molecule has 0 radical (unpaired) electrons. The van der Waals surface area contributed by atoms with Crippen molar-refractivity contribution in [2.75, 3.05) is 13.2 Å². The van der Waals surface area contributed by atoms with Gasteiger partial charge in [0.15, 0.2) is 0 Å². The third kappa shape index (κ3) is 5.13. The lowest BCUT2D eigenvalue weighted by molar-refractivity contribution is -0.329. The van der Waals surface area contributed by atoms with Gasteiger partial charge in [0.1, 0.15) is 24.9 Å². The van der Waals surface area contributed by atoms with Gasteiger partial charge in [-0.05, 0) is 117 Å². The first-order valence-corrected chi connectivity index (χ1v) is 16.8. The van der Waals surface area contributed by atoms with Crippen LogP contribution in [-0.4, -0.2) is 63.3 Å². The molecular weight excluding hydrogens is 504 g/mol. The first kappa shape index (κ1) is 31.2. The maximum absolute atomic E-state index is 10.8. The predicted molar refractivity (Wildman–Crippen MR) is 156 cm³/mol. The number of hydrogen-bond acceptors (Lipinski definition) is 6. The van der Waals surface area contributed by atoms with Gasteiger partial charge in [0.25, 0.3) is 0 Å². The van der Waals surface area contributed by atoms with Crippen LogP contribution < -0.4 is 0 Å². The number of ether oxygens (including phenoxy) is 2. The first-order chi connectivity index (χ1) is 18.8. The molecule has 1 aliphatic heterocycles. The Labute approximate surface area is 243 Å². The number of aliphatic hydroxyl groups is 4. The number of fused-ring (bicyclic) bond motifs is 5. The summed E-state index contributed by atoms with van der Waals surface area (Å²) in [5, 5.41) is 41.0. The molecule has 4 aliphatic carbocycles. The van der Waals surface area contributed by atoms with E-state index < -0.39 is 42.9 Å². The molecular formula is C34H60O6. The summed E-state index contributed by atoms with van der Waals surface area (Å²) in [5.74, 6) is 3.84. The molecule has 4 N–H and O–H groups in total. The quantitative estimate of drug-likeness (QED) is 0.287. The molecule has 1 saturated heterocycles. The molecule has 0 aromatic heterocycles. The van der Waals surface area contributed by atoms with Crippen molar-refractivity contribution in [3.05, 3.63) is 0 Å². The minimum absolute atomic E-state index is 0.294. The zero-order chi connectivity index (χ0) is 29.1. The number of hydrogen-bond donors (Lipinski definition) is 4. The van der Waals surface area contributed by atoms with Crippen LogP contribution in [0.15, 0.2) is 0 Å². The highest BCUT2D eigenvalue weighted by Gasteiger charge is 2.63. The highest BCUT2D eigenvalue weighted by molar-refractivity contribution is 5.11. The van der Waals surface area contributed by atoms with Crippen LogP contribution in [0.1, 0.15) is 119 Å². The molecule has 5 aliphatic rings. The van der Waals surface area contributed by atoms with E-state index in [9.17, 15) is 20.4 Å². The third-order valence-corrected chi connectivity index (χ3v) is 13.5. The summed E-state index contributed by atoms with van der Waals surface area (Å²) in [5.41, 5.74) is 0.238. The molecule has 13 atom stereocenters. The van der Waals surface area contributed by atoms with Gasteiger partial charge in [-0.2, -0.15) is 0 Å². The van der Waals surface area contributed by atoms with Crippen molar-refractivity contribution in [3.8, 4) is 0 Å². The average molecular weight is 565 g/mol. The molecule has 0 unspecified atom stereocenters. The van der Waals surface area contributed by atoms with Gasteiger partial charge in [0.05, 0.1) is 12.2 Å². The lowest BCUT2D eigenvalue weighted by atomic mass is 9.43. The highest BCUT2D eigenvalue weighted by atomic mass is 16.7. The van der Waals surface area contributed by atoms with Gasteiger partial charge in [0.2, 0.25) is 5.79 Å². The summed E-state index contributed by atoms with van der Waals surface area (Å²) < 4.78 is 12.3. The van der Waals surface area contributed by atoms with Crippen LogP contribution in [-0.2, 0) is 9.47 Å². The number of aliphatic hydroxyl groups excluding tert-OH is 4. The van der Waals surface area contributed by atoms with E-state index in [0.717, 1.165) is 54.8 Å². The molecule has 6 nitrogen and oxygen atoms in total. The third-order valence-electron chi connectivity index (χ3n) is 13.5. The molecule has 232 valence electrons. The van der Waals surface area contributed by atoms with Crippen molar-refractivity contribution >= 4 is 0 Å². The smallest absolute Gasteiger partial charge is 0.222 e. The molecule has 1 heterocycles. The summed E-state index contributed by atoms with van der Waals surface area (Å²) in [4.78, 5) is 0. The average Bonchev–Trinajstić information content (AvgIpc) is 3.38. The Kier molecular flexibility index (Phi) is 8.86. The maximum Gasteiger partial charge on any atom is 0.222 e. The van der Waals surface area contributed by atoms with Gasteiger partial charge in [-0.25, -0.2) is 0 Å². The summed E-state index contributed by atoms with van der Waals surface area (Å²) in [6.07, 6.45) is 11.4. The molecule has 0 amide bonds. The van der Waals surface area contributed by atoms with Crippen molar-refractivity contribution in [2.24, 2.45) is 52.3 Å². The van der Waals surface area contributed by atoms with E-state index in [2.05, 4.69) is 41.5 Å².